The minimum atomic E-state index is -0.680. The highest BCUT2D eigenvalue weighted by Gasteiger charge is 2.16. The van der Waals surface area contributed by atoms with E-state index in [0.29, 0.717) is 0 Å². The molecule has 0 aliphatic rings. The summed E-state index contributed by atoms with van der Waals surface area (Å²) in [5.41, 5.74) is 0.0723. The first-order valence-corrected chi connectivity index (χ1v) is 5.45. The van der Waals surface area contributed by atoms with Crippen molar-refractivity contribution in [2.45, 2.75) is 0 Å². The standard InChI is InChI=1S/C11H7ClFN5O/c1-18-10(6(3-14)4-16-18)17-11(19)8-2-7(13)5-15-9(8)12/h2,4-5H,1H3,(H,17,19). The van der Waals surface area contributed by atoms with Crippen molar-refractivity contribution in [2.75, 3.05) is 5.32 Å². The summed E-state index contributed by atoms with van der Waals surface area (Å²) in [7, 11) is 1.56. The van der Waals surface area contributed by atoms with Crippen molar-refractivity contribution in [3.8, 4) is 6.07 Å². The van der Waals surface area contributed by atoms with Crippen LogP contribution in [-0.4, -0.2) is 20.7 Å². The van der Waals surface area contributed by atoms with Gasteiger partial charge in [0.05, 0.1) is 18.0 Å². The van der Waals surface area contributed by atoms with Crippen molar-refractivity contribution in [3.63, 3.8) is 0 Å². The second-order valence-electron chi connectivity index (χ2n) is 3.59. The zero-order valence-electron chi connectivity index (χ0n) is 9.69. The number of nitrogens with zero attached hydrogens (tertiary/aromatic N) is 4. The normalized spacial score (nSPS) is 10.0. The molecule has 0 radical (unpaired) electrons. The molecule has 0 bridgehead atoms. The fourth-order valence-corrected chi connectivity index (χ4v) is 1.61. The van der Waals surface area contributed by atoms with Gasteiger partial charge in [0.1, 0.15) is 28.4 Å². The third-order valence-electron chi connectivity index (χ3n) is 2.34. The third kappa shape index (κ3) is 2.53. The monoisotopic (exact) mass is 279 g/mol. The smallest absolute Gasteiger partial charge is 0.260 e. The summed E-state index contributed by atoms with van der Waals surface area (Å²) < 4.78 is 14.4. The maximum atomic E-state index is 13.0. The molecule has 0 saturated carbocycles. The van der Waals surface area contributed by atoms with Gasteiger partial charge >= 0.3 is 0 Å². The van der Waals surface area contributed by atoms with Crippen molar-refractivity contribution in [2.24, 2.45) is 7.05 Å². The van der Waals surface area contributed by atoms with Crippen molar-refractivity contribution >= 4 is 23.3 Å². The quantitative estimate of drug-likeness (QED) is 0.849. The number of carbonyl (C=O) groups excluding carboxylic acids is 1. The highest BCUT2D eigenvalue weighted by molar-refractivity contribution is 6.33. The van der Waals surface area contributed by atoms with E-state index in [0.717, 1.165) is 12.3 Å². The molecule has 0 atom stereocenters. The van der Waals surface area contributed by atoms with Gasteiger partial charge in [-0.25, -0.2) is 9.37 Å². The number of rotatable bonds is 2. The molecule has 8 heteroatoms. The first-order valence-electron chi connectivity index (χ1n) is 5.07. The van der Waals surface area contributed by atoms with E-state index >= 15 is 0 Å². The predicted octanol–water partition coefficient (Wildman–Crippen LogP) is 1.73. The Labute approximate surface area is 112 Å². The van der Waals surface area contributed by atoms with Crippen LogP contribution in [0.1, 0.15) is 15.9 Å². The van der Waals surface area contributed by atoms with E-state index < -0.39 is 11.7 Å². The maximum absolute atomic E-state index is 13.0. The Morgan fingerprint density at radius 3 is 3.00 bits per heavy atom. The number of carbonyl (C=O) groups is 1. The molecule has 0 aliphatic carbocycles. The van der Waals surface area contributed by atoms with Gasteiger partial charge in [0.15, 0.2) is 0 Å². The van der Waals surface area contributed by atoms with Crippen LogP contribution in [0.25, 0.3) is 0 Å². The van der Waals surface area contributed by atoms with Crippen LogP contribution in [0, 0.1) is 17.1 Å². The molecule has 2 rings (SSSR count). The molecule has 6 nitrogen and oxygen atoms in total. The van der Waals surface area contributed by atoms with Crippen molar-refractivity contribution in [1.29, 1.82) is 5.26 Å². The molecule has 0 fully saturated rings. The summed E-state index contributed by atoms with van der Waals surface area (Å²) in [6.45, 7) is 0. The lowest BCUT2D eigenvalue weighted by atomic mass is 10.2. The lowest BCUT2D eigenvalue weighted by Crippen LogP contribution is -2.16. The highest BCUT2D eigenvalue weighted by atomic mass is 35.5. The Balaban J connectivity index is 2.34. The molecule has 0 saturated heterocycles. The number of aryl methyl sites for hydroxylation is 1. The Kier molecular flexibility index (Phi) is 3.44. The average Bonchev–Trinajstić information content (AvgIpc) is 2.73. The largest absolute Gasteiger partial charge is 0.306 e. The lowest BCUT2D eigenvalue weighted by Gasteiger charge is -2.07. The molecule has 0 aliphatic heterocycles. The van der Waals surface area contributed by atoms with Gasteiger partial charge < -0.3 is 5.32 Å². The summed E-state index contributed by atoms with van der Waals surface area (Å²) in [6, 6.07) is 2.84. The van der Waals surface area contributed by atoms with Gasteiger partial charge in [0, 0.05) is 7.05 Å². The number of anilines is 1. The Morgan fingerprint density at radius 1 is 1.58 bits per heavy atom. The summed E-state index contributed by atoms with van der Waals surface area (Å²) in [6.07, 6.45) is 2.21. The van der Waals surface area contributed by atoms with Gasteiger partial charge in [-0.2, -0.15) is 10.4 Å². The number of aromatic nitrogens is 3. The summed E-state index contributed by atoms with van der Waals surface area (Å²) in [4.78, 5) is 15.5. The molecular weight excluding hydrogens is 273 g/mol. The Hall–Kier alpha value is -2.46. The van der Waals surface area contributed by atoms with E-state index in [4.69, 9.17) is 16.9 Å². The highest BCUT2D eigenvalue weighted by Crippen LogP contribution is 2.18. The summed E-state index contributed by atoms with van der Waals surface area (Å²) in [5.74, 6) is -1.15. The number of halogens is 2. The number of amides is 1. The van der Waals surface area contributed by atoms with E-state index in [-0.39, 0.29) is 22.1 Å². The summed E-state index contributed by atoms with van der Waals surface area (Å²) in [5, 5.41) is 15.0. The zero-order chi connectivity index (χ0) is 14.0. The molecular formula is C11H7ClFN5O. The Morgan fingerprint density at radius 2 is 2.32 bits per heavy atom. The third-order valence-corrected chi connectivity index (χ3v) is 2.64. The van der Waals surface area contributed by atoms with Gasteiger partial charge in [0.2, 0.25) is 0 Å². The number of hydrogen-bond acceptors (Lipinski definition) is 4. The predicted molar refractivity (Wildman–Crippen MR) is 65.1 cm³/mol. The summed E-state index contributed by atoms with van der Waals surface area (Å²) >= 11 is 5.72. The molecule has 1 N–H and O–H groups in total. The van der Waals surface area contributed by atoms with Gasteiger partial charge in [-0.05, 0) is 6.07 Å². The van der Waals surface area contributed by atoms with Crippen LogP contribution in [0.4, 0.5) is 10.2 Å². The van der Waals surface area contributed by atoms with Crippen LogP contribution in [0.3, 0.4) is 0 Å². The van der Waals surface area contributed by atoms with Crippen LogP contribution >= 0.6 is 11.6 Å². The van der Waals surface area contributed by atoms with Crippen molar-refractivity contribution < 1.29 is 9.18 Å². The maximum Gasteiger partial charge on any atom is 0.260 e. The topological polar surface area (TPSA) is 83.6 Å². The molecule has 0 aromatic carbocycles. The van der Waals surface area contributed by atoms with Crippen LogP contribution < -0.4 is 5.32 Å². The number of nitriles is 1. The van der Waals surface area contributed by atoms with E-state index in [9.17, 15) is 9.18 Å². The number of nitrogens with one attached hydrogen (secondary N) is 1. The first-order chi connectivity index (χ1) is 9.02. The van der Waals surface area contributed by atoms with Crippen molar-refractivity contribution in [1.82, 2.24) is 14.8 Å². The van der Waals surface area contributed by atoms with Gasteiger partial charge in [-0.15, -0.1) is 0 Å². The molecule has 0 unspecified atom stereocenters. The minimum Gasteiger partial charge on any atom is -0.306 e. The van der Waals surface area contributed by atoms with E-state index in [1.807, 2.05) is 6.07 Å². The lowest BCUT2D eigenvalue weighted by molar-refractivity contribution is 0.102. The minimum absolute atomic E-state index is 0.119. The number of hydrogen-bond donors (Lipinski definition) is 1. The molecule has 0 spiro atoms. The number of pyridine rings is 1. The molecule has 1 amide bonds. The molecule has 96 valence electrons. The van der Waals surface area contributed by atoms with Crippen LogP contribution in [-0.2, 0) is 7.05 Å². The van der Waals surface area contributed by atoms with Crippen LogP contribution in [0.5, 0.6) is 0 Å². The fraction of sp³-hybridized carbons (Fsp3) is 0.0909. The van der Waals surface area contributed by atoms with Crippen molar-refractivity contribution in [3.05, 3.63) is 40.6 Å². The fourth-order valence-electron chi connectivity index (χ4n) is 1.42. The molecule has 2 aromatic heterocycles. The molecule has 19 heavy (non-hydrogen) atoms. The first kappa shape index (κ1) is 13.0. The van der Waals surface area contributed by atoms with Gasteiger partial charge in [-0.1, -0.05) is 11.6 Å². The van der Waals surface area contributed by atoms with Gasteiger partial charge in [0.25, 0.3) is 5.91 Å². The second-order valence-corrected chi connectivity index (χ2v) is 3.95. The molecule has 2 aromatic rings. The van der Waals surface area contributed by atoms with Crippen LogP contribution in [0.2, 0.25) is 5.15 Å². The van der Waals surface area contributed by atoms with E-state index in [1.54, 1.807) is 7.05 Å². The van der Waals surface area contributed by atoms with Crippen LogP contribution in [0.15, 0.2) is 18.5 Å². The van der Waals surface area contributed by atoms with E-state index in [1.165, 1.54) is 10.9 Å². The second kappa shape index (κ2) is 5.04. The van der Waals surface area contributed by atoms with Gasteiger partial charge in [-0.3, -0.25) is 9.48 Å². The Bertz CT molecular complexity index is 691. The average molecular weight is 280 g/mol. The zero-order valence-corrected chi connectivity index (χ0v) is 10.4. The SMILES string of the molecule is Cn1ncc(C#N)c1NC(=O)c1cc(F)cnc1Cl. The van der Waals surface area contributed by atoms with E-state index in [2.05, 4.69) is 15.4 Å². The molecule has 2 heterocycles.